The van der Waals surface area contributed by atoms with Crippen LogP contribution in [-0.4, -0.2) is 13.5 Å². The van der Waals surface area contributed by atoms with Crippen molar-refractivity contribution in [1.29, 1.82) is 0 Å². The van der Waals surface area contributed by atoms with Gasteiger partial charge in [0.1, 0.15) is 4.21 Å². The van der Waals surface area contributed by atoms with Gasteiger partial charge >= 0.3 is 0 Å². The summed E-state index contributed by atoms with van der Waals surface area (Å²) in [7, 11) is -3.62. The van der Waals surface area contributed by atoms with E-state index in [1.807, 2.05) is 6.07 Å². The minimum Gasteiger partial charge on any atom is -0.391 e. The highest BCUT2D eigenvalue weighted by atomic mass is 35.5. The molecule has 0 fully saturated rings. The van der Waals surface area contributed by atoms with E-state index in [0.717, 1.165) is 22.5 Å². The molecule has 1 heterocycles. The Kier molecular flexibility index (Phi) is 5.06. The smallest absolute Gasteiger partial charge is 0.250 e. The van der Waals surface area contributed by atoms with Gasteiger partial charge in [0.2, 0.25) is 0 Å². The van der Waals surface area contributed by atoms with Gasteiger partial charge in [0.25, 0.3) is 10.0 Å². The lowest BCUT2D eigenvalue weighted by Gasteiger charge is -2.14. The molecule has 21 heavy (non-hydrogen) atoms. The first-order chi connectivity index (χ1) is 9.83. The fourth-order valence-electron chi connectivity index (χ4n) is 1.91. The highest BCUT2D eigenvalue weighted by Gasteiger charge is 2.21. The van der Waals surface area contributed by atoms with Gasteiger partial charge in [-0.05, 0) is 43.2 Å². The van der Waals surface area contributed by atoms with Crippen LogP contribution in [0.3, 0.4) is 0 Å². The second-order valence-corrected chi connectivity index (χ2v) is 8.24. The number of aliphatic hydroxyl groups excluding tert-OH is 1. The minimum absolute atomic E-state index is 0.157. The number of sulfonamides is 1. The number of aryl methyl sites for hydroxylation is 1. The van der Waals surface area contributed by atoms with E-state index in [0.29, 0.717) is 9.90 Å². The van der Waals surface area contributed by atoms with Crippen molar-refractivity contribution in [3.63, 3.8) is 0 Å². The summed E-state index contributed by atoms with van der Waals surface area (Å²) in [6.45, 7) is 3.38. The Morgan fingerprint density at radius 1 is 1.38 bits per heavy atom. The molecule has 0 radical (unpaired) electrons. The first-order valence-corrected chi connectivity index (χ1v) is 8.99. The van der Waals surface area contributed by atoms with Gasteiger partial charge in [0, 0.05) is 15.9 Å². The zero-order chi connectivity index (χ0) is 15.6. The van der Waals surface area contributed by atoms with Crippen LogP contribution in [0.2, 0.25) is 5.02 Å². The Bertz CT molecular complexity index is 740. The van der Waals surface area contributed by atoms with Crippen molar-refractivity contribution in [2.75, 3.05) is 0 Å². The molecule has 114 valence electrons. The SMILES string of the molecule is Cc1cc(S(=O)(=O)NC(C)c2cccc(Cl)c2)sc1CO. The molecule has 1 aromatic carbocycles. The van der Waals surface area contributed by atoms with Crippen molar-refractivity contribution in [3.8, 4) is 0 Å². The van der Waals surface area contributed by atoms with Crippen LogP contribution in [0.5, 0.6) is 0 Å². The number of halogens is 1. The van der Waals surface area contributed by atoms with E-state index in [9.17, 15) is 8.42 Å². The van der Waals surface area contributed by atoms with E-state index in [2.05, 4.69) is 4.72 Å². The van der Waals surface area contributed by atoms with Crippen LogP contribution in [0.15, 0.2) is 34.5 Å². The summed E-state index contributed by atoms with van der Waals surface area (Å²) in [5.41, 5.74) is 1.57. The quantitative estimate of drug-likeness (QED) is 0.874. The lowest BCUT2D eigenvalue weighted by molar-refractivity contribution is 0.285. The number of benzene rings is 1. The maximum atomic E-state index is 12.4. The summed E-state index contributed by atoms with van der Waals surface area (Å²) in [5.74, 6) is 0. The van der Waals surface area contributed by atoms with E-state index >= 15 is 0 Å². The average Bonchev–Trinajstić information content (AvgIpc) is 2.80. The van der Waals surface area contributed by atoms with Crippen LogP contribution < -0.4 is 4.72 Å². The molecule has 1 atom stereocenters. The predicted molar refractivity (Wildman–Crippen MR) is 85.2 cm³/mol. The largest absolute Gasteiger partial charge is 0.391 e. The van der Waals surface area contributed by atoms with Crippen molar-refractivity contribution in [2.24, 2.45) is 0 Å². The lowest BCUT2D eigenvalue weighted by Crippen LogP contribution is -2.26. The van der Waals surface area contributed by atoms with Crippen LogP contribution in [0.1, 0.15) is 29.0 Å². The van der Waals surface area contributed by atoms with E-state index in [1.165, 1.54) is 0 Å². The maximum absolute atomic E-state index is 12.4. The molecular formula is C14H16ClNO3S2. The molecule has 2 rings (SSSR count). The first kappa shape index (κ1) is 16.5. The van der Waals surface area contributed by atoms with Gasteiger partial charge in [0.15, 0.2) is 0 Å². The molecule has 0 aliphatic heterocycles. The number of rotatable bonds is 5. The molecule has 0 aliphatic carbocycles. The van der Waals surface area contributed by atoms with Gasteiger partial charge in [-0.25, -0.2) is 13.1 Å². The summed E-state index contributed by atoms with van der Waals surface area (Å²) < 4.78 is 27.6. The number of aliphatic hydroxyl groups is 1. The molecule has 7 heteroatoms. The van der Waals surface area contributed by atoms with Crippen LogP contribution >= 0.6 is 22.9 Å². The lowest BCUT2D eigenvalue weighted by atomic mass is 10.1. The monoisotopic (exact) mass is 345 g/mol. The summed E-state index contributed by atoms with van der Waals surface area (Å²) in [4.78, 5) is 0.658. The minimum atomic E-state index is -3.62. The molecular weight excluding hydrogens is 330 g/mol. The van der Waals surface area contributed by atoms with Crippen molar-refractivity contribution in [2.45, 2.75) is 30.7 Å². The van der Waals surface area contributed by atoms with Gasteiger partial charge in [-0.1, -0.05) is 23.7 Å². The Labute approximate surface area is 133 Å². The Hall–Kier alpha value is -0.920. The van der Waals surface area contributed by atoms with Gasteiger partial charge < -0.3 is 5.11 Å². The van der Waals surface area contributed by atoms with Crippen molar-refractivity contribution >= 4 is 33.0 Å². The van der Waals surface area contributed by atoms with Crippen LogP contribution in [0.4, 0.5) is 0 Å². The second kappa shape index (κ2) is 6.46. The molecule has 4 nitrogen and oxygen atoms in total. The number of nitrogens with one attached hydrogen (secondary N) is 1. The fourth-order valence-corrected chi connectivity index (χ4v) is 4.81. The Morgan fingerprint density at radius 2 is 2.10 bits per heavy atom. The van der Waals surface area contributed by atoms with E-state index in [1.54, 1.807) is 38.1 Å². The van der Waals surface area contributed by atoms with E-state index in [4.69, 9.17) is 16.7 Å². The normalized spacial score (nSPS) is 13.3. The molecule has 0 saturated carbocycles. The summed E-state index contributed by atoms with van der Waals surface area (Å²) in [5, 5.41) is 9.73. The van der Waals surface area contributed by atoms with E-state index in [-0.39, 0.29) is 10.8 Å². The Balaban J connectivity index is 2.24. The molecule has 2 N–H and O–H groups in total. The zero-order valence-electron chi connectivity index (χ0n) is 11.6. The summed E-state index contributed by atoms with van der Waals surface area (Å²) >= 11 is 7.00. The summed E-state index contributed by atoms with van der Waals surface area (Å²) in [6.07, 6.45) is 0. The number of hydrogen-bond donors (Lipinski definition) is 2. The third-order valence-electron chi connectivity index (χ3n) is 3.09. The molecule has 2 aromatic rings. The third kappa shape index (κ3) is 3.84. The average molecular weight is 346 g/mol. The standard InChI is InChI=1S/C14H16ClNO3S2/c1-9-6-14(20-13(9)8-17)21(18,19)16-10(2)11-4-3-5-12(15)7-11/h3-7,10,16-17H,8H2,1-2H3. The molecule has 0 bridgehead atoms. The van der Waals surface area contributed by atoms with Crippen molar-refractivity contribution in [1.82, 2.24) is 4.72 Å². The maximum Gasteiger partial charge on any atom is 0.250 e. The van der Waals surface area contributed by atoms with Crippen LogP contribution in [-0.2, 0) is 16.6 Å². The van der Waals surface area contributed by atoms with Gasteiger partial charge in [-0.3, -0.25) is 0 Å². The fraction of sp³-hybridized carbons (Fsp3) is 0.286. The molecule has 0 aliphatic rings. The van der Waals surface area contributed by atoms with Gasteiger partial charge in [-0.15, -0.1) is 11.3 Å². The number of thiophene rings is 1. The van der Waals surface area contributed by atoms with Gasteiger partial charge in [-0.2, -0.15) is 0 Å². The topological polar surface area (TPSA) is 66.4 Å². The van der Waals surface area contributed by atoms with Crippen LogP contribution in [0, 0.1) is 6.92 Å². The van der Waals surface area contributed by atoms with Gasteiger partial charge in [0.05, 0.1) is 6.61 Å². The van der Waals surface area contributed by atoms with Crippen molar-refractivity contribution in [3.05, 3.63) is 51.4 Å². The molecule has 0 spiro atoms. The third-order valence-corrected chi connectivity index (χ3v) is 6.56. The summed E-state index contributed by atoms with van der Waals surface area (Å²) in [6, 6.07) is 8.24. The van der Waals surface area contributed by atoms with Crippen molar-refractivity contribution < 1.29 is 13.5 Å². The molecule has 1 unspecified atom stereocenters. The highest BCUT2D eigenvalue weighted by molar-refractivity contribution is 7.91. The zero-order valence-corrected chi connectivity index (χ0v) is 14.0. The molecule has 0 amide bonds. The number of hydrogen-bond acceptors (Lipinski definition) is 4. The van der Waals surface area contributed by atoms with E-state index < -0.39 is 16.1 Å². The highest BCUT2D eigenvalue weighted by Crippen LogP contribution is 2.27. The predicted octanol–water partition coefficient (Wildman–Crippen LogP) is 3.24. The Morgan fingerprint density at radius 3 is 2.67 bits per heavy atom. The molecule has 0 saturated heterocycles. The first-order valence-electron chi connectivity index (χ1n) is 6.31. The second-order valence-electron chi connectivity index (χ2n) is 4.73. The molecule has 1 aromatic heterocycles. The van der Waals surface area contributed by atoms with Crippen LogP contribution in [0.25, 0.3) is 0 Å².